The van der Waals surface area contributed by atoms with Gasteiger partial charge in [-0.05, 0) is 30.4 Å². The third-order valence-electron chi connectivity index (χ3n) is 5.02. The molecule has 1 unspecified atom stereocenters. The highest BCUT2D eigenvalue weighted by Gasteiger charge is 2.25. The highest BCUT2D eigenvalue weighted by molar-refractivity contribution is 6.30. The average Bonchev–Trinajstić information content (AvgIpc) is 2.93. The van der Waals surface area contributed by atoms with Gasteiger partial charge in [0.15, 0.2) is 0 Å². The first-order valence-corrected chi connectivity index (χ1v) is 9.81. The van der Waals surface area contributed by atoms with E-state index in [0.29, 0.717) is 24.8 Å². The third kappa shape index (κ3) is 5.05. The zero-order valence-corrected chi connectivity index (χ0v) is 18.1. The quantitative estimate of drug-likeness (QED) is 0.679. The number of imidazole rings is 1. The van der Waals surface area contributed by atoms with Gasteiger partial charge in [-0.25, -0.2) is 4.98 Å². The molecule has 0 aliphatic carbocycles. The first kappa shape index (κ1) is 21.8. The van der Waals surface area contributed by atoms with Crippen LogP contribution >= 0.6 is 24.0 Å². The fourth-order valence-corrected chi connectivity index (χ4v) is 3.67. The van der Waals surface area contributed by atoms with Gasteiger partial charge in [-0.3, -0.25) is 4.79 Å². The van der Waals surface area contributed by atoms with Crippen LogP contribution in [0.5, 0.6) is 0 Å². The Kier molecular flexibility index (Phi) is 7.35. The van der Waals surface area contributed by atoms with Crippen LogP contribution in [0.15, 0.2) is 24.3 Å². The normalized spacial score (nSPS) is 16.0. The summed E-state index contributed by atoms with van der Waals surface area (Å²) in [6, 6.07) is 7.82. The van der Waals surface area contributed by atoms with Gasteiger partial charge in [-0.1, -0.05) is 44.5 Å². The molecular formula is C21H29Cl2N3O. The molecule has 1 aliphatic rings. The summed E-state index contributed by atoms with van der Waals surface area (Å²) in [5.41, 5.74) is 3.17. The Bertz CT molecular complexity index is 783. The molecule has 0 saturated carbocycles. The maximum Gasteiger partial charge on any atom is 0.222 e. The van der Waals surface area contributed by atoms with E-state index in [9.17, 15) is 4.79 Å². The molecule has 2 heterocycles. The van der Waals surface area contributed by atoms with E-state index in [-0.39, 0.29) is 18.3 Å². The van der Waals surface area contributed by atoms with Gasteiger partial charge in [0.25, 0.3) is 0 Å². The van der Waals surface area contributed by atoms with Crippen LogP contribution in [0.25, 0.3) is 11.3 Å². The van der Waals surface area contributed by atoms with E-state index < -0.39 is 0 Å². The fraction of sp³-hybridized carbons (Fsp3) is 0.524. The minimum atomic E-state index is 0. The van der Waals surface area contributed by atoms with Crippen molar-refractivity contribution in [3.8, 4) is 11.3 Å². The topological polar surface area (TPSA) is 38.1 Å². The van der Waals surface area contributed by atoms with Gasteiger partial charge in [0.1, 0.15) is 5.82 Å². The molecule has 27 heavy (non-hydrogen) atoms. The van der Waals surface area contributed by atoms with Gasteiger partial charge in [0, 0.05) is 37.0 Å². The second kappa shape index (κ2) is 9.11. The monoisotopic (exact) mass is 409 g/mol. The summed E-state index contributed by atoms with van der Waals surface area (Å²) in [5, 5.41) is 0.720. The molecule has 0 fully saturated rings. The van der Waals surface area contributed by atoms with Gasteiger partial charge in [0.2, 0.25) is 5.91 Å². The van der Waals surface area contributed by atoms with E-state index in [2.05, 4.69) is 25.3 Å². The standard InChI is InChI=1S/C21H28ClN3O.ClH/c1-14(2)11-20(26)24(4)13-18-21(16-6-8-17(22)9-7-16)23-19-10-5-15(3)12-25(18)19;/h6-9,14-15H,5,10-13H2,1-4H3;1H. The van der Waals surface area contributed by atoms with E-state index in [1.54, 1.807) is 0 Å². The Labute approximate surface area is 173 Å². The predicted molar refractivity (Wildman–Crippen MR) is 113 cm³/mol. The number of carbonyl (C=O) groups is 1. The maximum atomic E-state index is 12.5. The number of benzene rings is 1. The number of carbonyl (C=O) groups excluding carboxylic acids is 1. The minimum Gasteiger partial charge on any atom is -0.340 e. The number of nitrogens with zero attached hydrogens (tertiary/aromatic N) is 3. The lowest BCUT2D eigenvalue weighted by molar-refractivity contribution is -0.131. The number of hydrogen-bond donors (Lipinski definition) is 0. The Morgan fingerprint density at radius 3 is 2.63 bits per heavy atom. The van der Waals surface area contributed by atoms with Crippen LogP contribution < -0.4 is 0 Å². The number of rotatable bonds is 5. The molecule has 6 heteroatoms. The Hall–Kier alpha value is -1.52. The lowest BCUT2D eigenvalue weighted by Crippen LogP contribution is -2.29. The molecule has 0 bridgehead atoms. The minimum absolute atomic E-state index is 0. The first-order chi connectivity index (χ1) is 12.3. The van der Waals surface area contributed by atoms with E-state index in [1.165, 1.54) is 6.42 Å². The summed E-state index contributed by atoms with van der Waals surface area (Å²) >= 11 is 6.05. The van der Waals surface area contributed by atoms with Crippen LogP contribution in [0.2, 0.25) is 5.02 Å². The van der Waals surface area contributed by atoms with Crippen molar-refractivity contribution < 1.29 is 4.79 Å². The summed E-state index contributed by atoms with van der Waals surface area (Å²) in [6.45, 7) is 7.99. The lowest BCUT2D eigenvalue weighted by Gasteiger charge is -2.25. The van der Waals surface area contributed by atoms with Crippen LogP contribution in [-0.2, 0) is 24.3 Å². The van der Waals surface area contributed by atoms with Gasteiger partial charge in [-0.2, -0.15) is 0 Å². The van der Waals surface area contributed by atoms with Gasteiger partial charge < -0.3 is 9.47 Å². The zero-order valence-electron chi connectivity index (χ0n) is 16.5. The molecule has 0 saturated heterocycles. The second-order valence-corrected chi connectivity index (χ2v) is 8.37. The summed E-state index contributed by atoms with van der Waals surface area (Å²) in [7, 11) is 1.89. The summed E-state index contributed by atoms with van der Waals surface area (Å²) in [5.74, 6) is 2.31. The lowest BCUT2D eigenvalue weighted by atomic mass is 10.0. The summed E-state index contributed by atoms with van der Waals surface area (Å²) in [6.07, 6.45) is 2.73. The van der Waals surface area contributed by atoms with Gasteiger partial charge >= 0.3 is 0 Å². The number of amides is 1. The van der Waals surface area contributed by atoms with Crippen molar-refractivity contribution in [2.45, 2.75) is 53.1 Å². The van der Waals surface area contributed by atoms with Crippen molar-refractivity contribution in [2.75, 3.05) is 7.05 Å². The Balaban J connectivity index is 0.00000261. The molecular weight excluding hydrogens is 381 g/mol. The molecule has 2 aromatic rings. The van der Waals surface area contributed by atoms with Crippen LogP contribution in [0.1, 0.15) is 45.1 Å². The van der Waals surface area contributed by atoms with E-state index >= 15 is 0 Å². The molecule has 1 aromatic carbocycles. The summed E-state index contributed by atoms with van der Waals surface area (Å²) in [4.78, 5) is 19.3. The highest BCUT2D eigenvalue weighted by Crippen LogP contribution is 2.31. The summed E-state index contributed by atoms with van der Waals surface area (Å²) < 4.78 is 2.33. The second-order valence-electron chi connectivity index (χ2n) is 7.93. The van der Waals surface area contributed by atoms with Crippen molar-refractivity contribution in [1.82, 2.24) is 14.5 Å². The van der Waals surface area contributed by atoms with Gasteiger partial charge in [0.05, 0.1) is 17.9 Å². The molecule has 1 aliphatic heterocycles. The van der Waals surface area contributed by atoms with E-state index in [0.717, 1.165) is 40.8 Å². The van der Waals surface area contributed by atoms with E-state index in [1.807, 2.05) is 36.2 Å². The zero-order chi connectivity index (χ0) is 18.8. The van der Waals surface area contributed by atoms with Crippen LogP contribution in [-0.4, -0.2) is 27.4 Å². The molecule has 0 spiro atoms. The third-order valence-corrected chi connectivity index (χ3v) is 5.27. The van der Waals surface area contributed by atoms with Crippen LogP contribution in [0, 0.1) is 11.8 Å². The Morgan fingerprint density at radius 1 is 1.33 bits per heavy atom. The maximum absolute atomic E-state index is 12.5. The number of fused-ring (bicyclic) bond motifs is 1. The Morgan fingerprint density at radius 2 is 2.00 bits per heavy atom. The molecule has 1 atom stereocenters. The largest absolute Gasteiger partial charge is 0.340 e. The highest BCUT2D eigenvalue weighted by atomic mass is 35.5. The molecule has 148 valence electrons. The molecule has 0 N–H and O–H groups in total. The molecule has 1 amide bonds. The predicted octanol–water partition coefficient (Wildman–Crippen LogP) is 5.21. The fourth-order valence-electron chi connectivity index (χ4n) is 3.54. The number of aryl methyl sites for hydroxylation is 1. The van der Waals surface area contributed by atoms with E-state index in [4.69, 9.17) is 16.6 Å². The molecule has 1 aromatic heterocycles. The van der Waals surface area contributed by atoms with Gasteiger partial charge in [-0.15, -0.1) is 12.4 Å². The number of hydrogen-bond acceptors (Lipinski definition) is 2. The molecule has 3 rings (SSSR count). The SMILES string of the molecule is CC(C)CC(=O)N(C)Cc1c(-c2ccc(Cl)cc2)nc2n1CC(C)CC2.Cl. The number of aromatic nitrogens is 2. The number of halogens is 2. The van der Waals surface area contributed by atoms with Crippen molar-refractivity contribution in [3.05, 3.63) is 40.8 Å². The smallest absolute Gasteiger partial charge is 0.222 e. The average molecular weight is 410 g/mol. The van der Waals surface area contributed by atoms with Crippen molar-refractivity contribution in [2.24, 2.45) is 11.8 Å². The van der Waals surface area contributed by atoms with Crippen molar-refractivity contribution in [3.63, 3.8) is 0 Å². The van der Waals surface area contributed by atoms with Crippen molar-refractivity contribution in [1.29, 1.82) is 0 Å². The van der Waals surface area contributed by atoms with Crippen LogP contribution in [0.3, 0.4) is 0 Å². The van der Waals surface area contributed by atoms with Crippen LogP contribution in [0.4, 0.5) is 0 Å². The van der Waals surface area contributed by atoms with Crippen molar-refractivity contribution >= 4 is 29.9 Å². The molecule has 0 radical (unpaired) electrons. The first-order valence-electron chi connectivity index (χ1n) is 9.43. The molecule has 4 nitrogen and oxygen atoms in total.